The Kier molecular flexibility index (Phi) is 6.52. The molecule has 156 valence electrons. The predicted molar refractivity (Wildman–Crippen MR) is 113 cm³/mol. The molecule has 0 bridgehead atoms. The van der Waals surface area contributed by atoms with E-state index >= 15 is 0 Å². The number of fused-ring (bicyclic) bond motifs is 1. The number of ether oxygens (including phenoxy) is 1. The van der Waals surface area contributed by atoms with Gasteiger partial charge in [0.2, 0.25) is 0 Å². The van der Waals surface area contributed by atoms with E-state index in [4.69, 9.17) is 4.74 Å². The molecule has 2 aliphatic rings. The molecule has 1 heterocycles. The Bertz CT molecular complexity index is 823. The fraction of sp³-hybridized carbons (Fsp3) is 0.538. The van der Waals surface area contributed by atoms with Gasteiger partial charge in [0.05, 0.1) is 0 Å². The van der Waals surface area contributed by atoms with Crippen molar-refractivity contribution >= 4 is 0 Å². The molecule has 1 unspecified atom stereocenters. The van der Waals surface area contributed by atoms with Gasteiger partial charge in [0, 0.05) is 0 Å². The quantitative estimate of drug-likeness (QED) is 0.487. The highest BCUT2D eigenvalue weighted by molar-refractivity contribution is 5.40. The highest BCUT2D eigenvalue weighted by Gasteiger charge is 2.23. The van der Waals surface area contributed by atoms with E-state index in [2.05, 4.69) is 25.1 Å². The summed E-state index contributed by atoms with van der Waals surface area (Å²) in [5.74, 6) is 1.12. The summed E-state index contributed by atoms with van der Waals surface area (Å²) in [5, 5.41) is 0. The maximum absolute atomic E-state index is 13.6. The second-order valence-corrected chi connectivity index (χ2v) is 8.97. The van der Waals surface area contributed by atoms with Crippen LogP contribution >= 0.6 is 0 Å². The van der Waals surface area contributed by atoms with Crippen LogP contribution in [0.4, 0.5) is 8.78 Å². The number of hydrogen-bond acceptors (Lipinski definition) is 1. The molecule has 1 saturated carbocycles. The third-order valence-corrected chi connectivity index (χ3v) is 6.89. The first kappa shape index (κ1) is 20.4. The zero-order valence-electron chi connectivity index (χ0n) is 17.4. The van der Waals surface area contributed by atoms with E-state index < -0.39 is 11.6 Å². The zero-order valence-corrected chi connectivity index (χ0v) is 17.4. The average molecular weight is 399 g/mol. The van der Waals surface area contributed by atoms with Gasteiger partial charge in [-0.2, -0.15) is 0 Å². The van der Waals surface area contributed by atoms with Crippen molar-refractivity contribution in [3.63, 3.8) is 0 Å². The fourth-order valence-electron chi connectivity index (χ4n) is 5.13. The fourth-order valence-corrected chi connectivity index (χ4v) is 5.13. The van der Waals surface area contributed by atoms with Crippen LogP contribution in [0.15, 0.2) is 36.4 Å². The summed E-state index contributed by atoms with van der Waals surface area (Å²) in [6.45, 7) is 2.30. The van der Waals surface area contributed by atoms with Crippen molar-refractivity contribution in [3.8, 4) is 5.75 Å². The molecule has 1 atom stereocenters. The van der Waals surface area contributed by atoms with E-state index in [0.717, 1.165) is 36.8 Å². The number of benzene rings is 2. The Balaban J connectivity index is 1.32. The van der Waals surface area contributed by atoms with E-state index in [9.17, 15) is 8.78 Å². The molecule has 2 aromatic rings. The van der Waals surface area contributed by atoms with Gasteiger partial charge in [0.25, 0.3) is 0 Å². The largest absolute Gasteiger partial charge is 0.485 e. The molecule has 1 aliphatic heterocycles. The zero-order chi connectivity index (χ0) is 20.2. The van der Waals surface area contributed by atoms with Crippen LogP contribution in [0, 0.1) is 23.5 Å². The molecule has 2 aromatic carbocycles. The summed E-state index contributed by atoms with van der Waals surface area (Å²) in [7, 11) is 0. The van der Waals surface area contributed by atoms with Crippen molar-refractivity contribution in [2.45, 2.75) is 77.2 Å². The molecule has 0 N–H and O–H groups in total. The molecular weight excluding hydrogens is 366 g/mol. The second-order valence-electron chi connectivity index (χ2n) is 8.97. The van der Waals surface area contributed by atoms with Gasteiger partial charge in [0.1, 0.15) is 11.9 Å². The molecular formula is C26H32F2O. The van der Waals surface area contributed by atoms with E-state index in [0.29, 0.717) is 5.56 Å². The highest BCUT2D eigenvalue weighted by Crippen LogP contribution is 2.37. The Hall–Kier alpha value is -1.90. The maximum Gasteiger partial charge on any atom is 0.159 e. The van der Waals surface area contributed by atoms with Crippen LogP contribution < -0.4 is 4.74 Å². The molecule has 0 aromatic heterocycles. The molecule has 1 aliphatic carbocycles. The van der Waals surface area contributed by atoms with Crippen LogP contribution in [0.2, 0.25) is 0 Å². The van der Waals surface area contributed by atoms with E-state index in [1.54, 1.807) is 6.07 Å². The maximum atomic E-state index is 13.6. The minimum Gasteiger partial charge on any atom is -0.485 e. The third kappa shape index (κ3) is 4.99. The monoisotopic (exact) mass is 398 g/mol. The summed E-state index contributed by atoms with van der Waals surface area (Å²) in [6, 6.07) is 10.6. The third-order valence-electron chi connectivity index (χ3n) is 6.89. The molecule has 0 saturated heterocycles. The molecule has 3 heteroatoms. The van der Waals surface area contributed by atoms with Crippen molar-refractivity contribution in [2.75, 3.05) is 0 Å². The summed E-state index contributed by atoms with van der Waals surface area (Å²) < 4.78 is 32.9. The lowest BCUT2D eigenvalue weighted by atomic mass is 9.78. The molecule has 1 fully saturated rings. The van der Waals surface area contributed by atoms with Gasteiger partial charge >= 0.3 is 0 Å². The summed E-state index contributed by atoms with van der Waals surface area (Å²) in [4.78, 5) is 0. The summed E-state index contributed by atoms with van der Waals surface area (Å²) >= 11 is 0. The summed E-state index contributed by atoms with van der Waals surface area (Å²) in [6.07, 6.45) is 12.3. The van der Waals surface area contributed by atoms with Crippen molar-refractivity contribution < 1.29 is 13.5 Å². The van der Waals surface area contributed by atoms with Crippen molar-refractivity contribution in [2.24, 2.45) is 11.8 Å². The Labute approximate surface area is 173 Å². The first-order valence-electron chi connectivity index (χ1n) is 11.4. The standard InChI is InChI=1S/C26H32F2O/c1-2-3-18-4-6-19(7-5-18)8-9-20-10-14-25-21(16-20)12-15-26(29-25)22-11-13-23(27)24(28)17-22/h10-11,13-14,16-19,26H,2-9,12,15H2,1H3. The van der Waals surface area contributed by atoms with Crippen molar-refractivity contribution in [3.05, 3.63) is 64.7 Å². The van der Waals surface area contributed by atoms with E-state index in [1.807, 2.05) is 0 Å². The van der Waals surface area contributed by atoms with Crippen LogP contribution in [0.1, 0.15) is 81.1 Å². The molecule has 1 nitrogen and oxygen atoms in total. The minimum absolute atomic E-state index is 0.207. The lowest BCUT2D eigenvalue weighted by Gasteiger charge is -2.29. The van der Waals surface area contributed by atoms with E-state index in [1.165, 1.54) is 68.2 Å². The lowest BCUT2D eigenvalue weighted by Crippen LogP contribution is -2.16. The molecule has 0 spiro atoms. The summed E-state index contributed by atoms with van der Waals surface area (Å²) in [5.41, 5.74) is 3.35. The predicted octanol–water partition coefficient (Wildman–Crippen LogP) is 7.57. The van der Waals surface area contributed by atoms with Gasteiger partial charge in [-0.05, 0) is 72.4 Å². The number of rotatable bonds is 6. The molecule has 0 amide bonds. The lowest BCUT2D eigenvalue weighted by molar-refractivity contribution is 0.176. The van der Waals surface area contributed by atoms with Gasteiger partial charge in [-0.25, -0.2) is 8.78 Å². The van der Waals surface area contributed by atoms with Crippen LogP contribution in [0.25, 0.3) is 0 Å². The van der Waals surface area contributed by atoms with Crippen LogP contribution in [0.3, 0.4) is 0 Å². The number of halogens is 2. The van der Waals surface area contributed by atoms with Gasteiger partial charge < -0.3 is 4.74 Å². The number of hydrogen-bond donors (Lipinski definition) is 0. The van der Waals surface area contributed by atoms with Gasteiger partial charge in [-0.3, -0.25) is 0 Å². The van der Waals surface area contributed by atoms with Crippen LogP contribution in [0.5, 0.6) is 5.75 Å². The minimum atomic E-state index is -0.812. The van der Waals surface area contributed by atoms with Gasteiger partial charge in [-0.1, -0.05) is 63.6 Å². The van der Waals surface area contributed by atoms with Gasteiger partial charge in [0.15, 0.2) is 11.6 Å². The molecule has 4 rings (SSSR count). The van der Waals surface area contributed by atoms with Crippen molar-refractivity contribution in [1.29, 1.82) is 0 Å². The second kappa shape index (κ2) is 9.28. The Morgan fingerprint density at radius 2 is 1.62 bits per heavy atom. The van der Waals surface area contributed by atoms with Gasteiger partial charge in [-0.15, -0.1) is 0 Å². The topological polar surface area (TPSA) is 9.23 Å². The van der Waals surface area contributed by atoms with Crippen LogP contribution in [-0.2, 0) is 12.8 Å². The molecule has 29 heavy (non-hydrogen) atoms. The average Bonchev–Trinajstić information content (AvgIpc) is 2.75. The first-order chi connectivity index (χ1) is 14.1. The van der Waals surface area contributed by atoms with Crippen molar-refractivity contribution in [1.82, 2.24) is 0 Å². The number of aryl methyl sites for hydroxylation is 2. The Morgan fingerprint density at radius 3 is 2.34 bits per heavy atom. The van der Waals surface area contributed by atoms with Crippen LogP contribution in [-0.4, -0.2) is 0 Å². The smallest absolute Gasteiger partial charge is 0.159 e. The Morgan fingerprint density at radius 1 is 0.862 bits per heavy atom. The highest BCUT2D eigenvalue weighted by atomic mass is 19.2. The SMILES string of the molecule is CCCC1CCC(CCc2ccc3c(c2)CCC(c2ccc(F)c(F)c2)O3)CC1. The normalized spacial score (nSPS) is 24.0. The molecule has 0 radical (unpaired) electrons. The van der Waals surface area contributed by atoms with E-state index in [-0.39, 0.29) is 6.10 Å². The first-order valence-corrected chi connectivity index (χ1v) is 11.4.